The molecule has 0 aliphatic carbocycles. The van der Waals surface area contributed by atoms with Gasteiger partial charge >= 0.3 is 0 Å². The van der Waals surface area contributed by atoms with Crippen LogP contribution in [0.2, 0.25) is 0 Å². The molecule has 0 saturated carbocycles. The van der Waals surface area contributed by atoms with Crippen LogP contribution in [0.4, 0.5) is 0 Å². The van der Waals surface area contributed by atoms with Crippen molar-refractivity contribution in [3.05, 3.63) is 33.2 Å². The number of hydrogen-bond acceptors (Lipinski definition) is 4. The molecule has 1 aromatic carbocycles. The van der Waals surface area contributed by atoms with E-state index in [1.165, 1.54) is 5.56 Å². The monoisotopic (exact) mass is 367 g/mol. The lowest BCUT2D eigenvalue weighted by Crippen LogP contribution is -2.36. The van der Waals surface area contributed by atoms with Gasteiger partial charge in [0.2, 0.25) is 0 Å². The third kappa shape index (κ3) is 5.16. The molecule has 0 unspecified atom stereocenters. The molecule has 0 fully saturated rings. The fourth-order valence-electron chi connectivity index (χ4n) is 1.97. The number of benzene rings is 1. The molecule has 2 rings (SSSR count). The Morgan fingerprint density at radius 2 is 2.00 bits per heavy atom. The van der Waals surface area contributed by atoms with Crippen LogP contribution in [-0.2, 0) is 6.42 Å². The second-order valence-electron chi connectivity index (χ2n) is 6.26. The van der Waals surface area contributed by atoms with E-state index in [0.717, 1.165) is 39.4 Å². The first-order valence-corrected chi connectivity index (χ1v) is 8.80. The summed E-state index contributed by atoms with van der Waals surface area (Å²) in [4.78, 5) is 0. The van der Waals surface area contributed by atoms with Gasteiger partial charge in [-0.1, -0.05) is 38.9 Å². The second kappa shape index (κ2) is 6.99. The van der Waals surface area contributed by atoms with E-state index in [2.05, 4.69) is 77.3 Å². The summed E-state index contributed by atoms with van der Waals surface area (Å²) in [5, 5.41) is 14.2. The van der Waals surface area contributed by atoms with Gasteiger partial charge in [-0.2, -0.15) is 0 Å². The normalized spacial score (nSPS) is 11.9. The van der Waals surface area contributed by atoms with E-state index in [9.17, 15) is 0 Å². The van der Waals surface area contributed by atoms with Gasteiger partial charge in [0, 0.05) is 22.0 Å². The molecule has 1 aromatic heterocycles. The van der Waals surface area contributed by atoms with Crippen molar-refractivity contribution in [2.45, 2.75) is 46.1 Å². The first-order chi connectivity index (χ1) is 9.85. The highest BCUT2D eigenvalue weighted by Gasteiger charge is 2.11. The number of nitrogens with one attached hydrogen (secondary N) is 1. The summed E-state index contributed by atoms with van der Waals surface area (Å²) in [5.74, 6) is 0. The van der Waals surface area contributed by atoms with E-state index in [4.69, 9.17) is 0 Å². The molecule has 0 saturated heterocycles. The highest BCUT2D eigenvalue weighted by Crippen LogP contribution is 2.31. The van der Waals surface area contributed by atoms with Crippen LogP contribution in [0.15, 0.2) is 22.7 Å². The number of rotatable bonds is 5. The van der Waals surface area contributed by atoms with Crippen LogP contribution in [0, 0.1) is 6.92 Å². The van der Waals surface area contributed by atoms with Crippen LogP contribution in [0.3, 0.4) is 0 Å². The number of hydrogen-bond donors (Lipinski definition) is 1. The Hall–Kier alpha value is -0.780. The van der Waals surface area contributed by atoms with Gasteiger partial charge < -0.3 is 5.32 Å². The van der Waals surface area contributed by atoms with Gasteiger partial charge in [0.05, 0.1) is 0 Å². The van der Waals surface area contributed by atoms with Crippen LogP contribution in [0.25, 0.3) is 10.6 Å². The summed E-state index contributed by atoms with van der Waals surface area (Å²) >= 11 is 5.28. The van der Waals surface area contributed by atoms with Crippen LogP contribution in [0.1, 0.15) is 37.8 Å². The van der Waals surface area contributed by atoms with Crippen molar-refractivity contribution in [1.29, 1.82) is 0 Å². The molecule has 0 atom stereocenters. The fourth-order valence-corrected chi connectivity index (χ4v) is 3.45. The summed E-state index contributed by atoms with van der Waals surface area (Å²) in [6, 6.07) is 6.31. The maximum absolute atomic E-state index is 4.33. The van der Waals surface area contributed by atoms with E-state index < -0.39 is 0 Å². The zero-order chi connectivity index (χ0) is 15.5. The SMILES string of the molecule is Cc1ccc(Br)c(-c2nnc(CCCNC(C)(C)C)s2)c1. The molecular weight excluding hydrogens is 346 g/mol. The number of aromatic nitrogens is 2. The molecule has 0 bridgehead atoms. The van der Waals surface area contributed by atoms with Crippen molar-refractivity contribution in [3.8, 4) is 10.6 Å². The molecule has 0 aliphatic rings. The van der Waals surface area contributed by atoms with Crippen LogP contribution < -0.4 is 5.32 Å². The van der Waals surface area contributed by atoms with Gasteiger partial charge in [0.15, 0.2) is 0 Å². The lowest BCUT2D eigenvalue weighted by Gasteiger charge is -2.20. The van der Waals surface area contributed by atoms with Gasteiger partial charge in [0.1, 0.15) is 10.0 Å². The predicted molar refractivity (Wildman–Crippen MR) is 93.9 cm³/mol. The first kappa shape index (κ1) is 16.6. The third-order valence-electron chi connectivity index (χ3n) is 3.04. The lowest BCUT2D eigenvalue weighted by molar-refractivity contribution is 0.422. The average molecular weight is 368 g/mol. The predicted octanol–water partition coefficient (Wildman–Crippen LogP) is 4.60. The van der Waals surface area contributed by atoms with Crippen molar-refractivity contribution in [1.82, 2.24) is 15.5 Å². The molecule has 0 aliphatic heterocycles. The Balaban J connectivity index is 1.97. The molecule has 5 heteroatoms. The standard InChI is InChI=1S/C16H22BrN3S/c1-11-7-8-13(17)12(10-11)15-20-19-14(21-15)6-5-9-18-16(2,3)4/h7-8,10,18H,5-6,9H2,1-4H3. The summed E-state index contributed by atoms with van der Waals surface area (Å²) in [6.07, 6.45) is 2.06. The molecule has 3 nitrogen and oxygen atoms in total. The molecule has 21 heavy (non-hydrogen) atoms. The minimum atomic E-state index is 0.179. The van der Waals surface area contributed by atoms with Gasteiger partial charge in [-0.15, -0.1) is 10.2 Å². The molecule has 0 radical (unpaired) electrons. The smallest absolute Gasteiger partial charge is 0.148 e. The number of aryl methyl sites for hydroxylation is 2. The van der Waals surface area contributed by atoms with E-state index in [1.54, 1.807) is 11.3 Å². The largest absolute Gasteiger partial charge is 0.312 e. The maximum Gasteiger partial charge on any atom is 0.148 e. The fraction of sp³-hybridized carbons (Fsp3) is 0.500. The highest BCUT2D eigenvalue weighted by atomic mass is 79.9. The van der Waals surface area contributed by atoms with Crippen molar-refractivity contribution in [2.24, 2.45) is 0 Å². The van der Waals surface area contributed by atoms with Crippen molar-refractivity contribution < 1.29 is 0 Å². The zero-order valence-electron chi connectivity index (χ0n) is 13.0. The van der Waals surface area contributed by atoms with Gasteiger partial charge in [0.25, 0.3) is 0 Å². The van der Waals surface area contributed by atoms with E-state index in [-0.39, 0.29) is 5.54 Å². The lowest BCUT2D eigenvalue weighted by atomic mass is 10.1. The van der Waals surface area contributed by atoms with Crippen LogP contribution in [0.5, 0.6) is 0 Å². The Morgan fingerprint density at radius 3 is 2.71 bits per heavy atom. The molecule has 114 valence electrons. The molecule has 0 amide bonds. The molecule has 0 spiro atoms. The molecule has 1 heterocycles. The zero-order valence-corrected chi connectivity index (χ0v) is 15.4. The van der Waals surface area contributed by atoms with Crippen molar-refractivity contribution in [2.75, 3.05) is 6.54 Å². The molecule has 1 N–H and O–H groups in total. The molecular formula is C16H22BrN3S. The topological polar surface area (TPSA) is 37.8 Å². The Morgan fingerprint density at radius 1 is 1.24 bits per heavy atom. The van der Waals surface area contributed by atoms with E-state index in [0.29, 0.717) is 0 Å². The van der Waals surface area contributed by atoms with E-state index in [1.807, 2.05) is 0 Å². The Kier molecular flexibility index (Phi) is 5.52. The van der Waals surface area contributed by atoms with Crippen molar-refractivity contribution >= 4 is 27.3 Å². The minimum Gasteiger partial charge on any atom is -0.312 e. The number of nitrogens with zero attached hydrogens (tertiary/aromatic N) is 2. The van der Waals surface area contributed by atoms with Gasteiger partial charge in [-0.3, -0.25) is 0 Å². The quantitative estimate of drug-likeness (QED) is 0.784. The summed E-state index contributed by atoms with van der Waals surface area (Å²) in [7, 11) is 0. The average Bonchev–Trinajstić information content (AvgIpc) is 2.85. The van der Waals surface area contributed by atoms with Crippen molar-refractivity contribution in [3.63, 3.8) is 0 Å². The first-order valence-electron chi connectivity index (χ1n) is 7.19. The minimum absolute atomic E-state index is 0.179. The Bertz CT molecular complexity index is 602. The molecule has 2 aromatic rings. The van der Waals surface area contributed by atoms with E-state index >= 15 is 0 Å². The summed E-state index contributed by atoms with van der Waals surface area (Å²) < 4.78 is 1.07. The maximum atomic E-state index is 4.33. The van der Waals surface area contributed by atoms with Crippen LogP contribution in [-0.4, -0.2) is 22.3 Å². The summed E-state index contributed by atoms with van der Waals surface area (Å²) in [5.41, 5.74) is 2.55. The second-order valence-corrected chi connectivity index (χ2v) is 8.18. The van der Waals surface area contributed by atoms with Gasteiger partial charge in [-0.25, -0.2) is 0 Å². The highest BCUT2D eigenvalue weighted by molar-refractivity contribution is 9.10. The Labute approximate surface area is 139 Å². The van der Waals surface area contributed by atoms with Crippen LogP contribution >= 0.6 is 27.3 Å². The van der Waals surface area contributed by atoms with Gasteiger partial charge in [-0.05, 0) is 52.8 Å². The summed E-state index contributed by atoms with van der Waals surface area (Å²) in [6.45, 7) is 9.66. The number of halogens is 1. The third-order valence-corrected chi connectivity index (χ3v) is 4.75.